The Balaban J connectivity index is 1.44. The predicted octanol–water partition coefficient (Wildman–Crippen LogP) is 5.74. The number of hydrogen-bond donors (Lipinski definition) is 1. The van der Waals surface area contributed by atoms with Gasteiger partial charge in [-0.25, -0.2) is 4.39 Å². The van der Waals surface area contributed by atoms with Crippen LogP contribution in [0.25, 0.3) is 0 Å². The van der Waals surface area contributed by atoms with Crippen molar-refractivity contribution in [3.05, 3.63) is 47.3 Å². The summed E-state index contributed by atoms with van der Waals surface area (Å²) in [7, 11) is 0. The number of nitrogens with two attached hydrogens (primary N) is 1. The van der Waals surface area contributed by atoms with Crippen LogP contribution in [0.4, 0.5) is 10.2 Å². The van der Waals surface area contributed by atoms with Crippen LogP contribution in [0.15, 0.2) is 28.9 Å². The van der Waals surface area contributed by atoms with Crippen LogP contribution in [0.5, 0.6) is 0 Å². The van der Waals surface area contributed by atoms with Gasteiger partial charge in [-0.1, -0.05) is 45.0 Å². The molecule has 2 N–H and O–H groups in total. The minimum atomic E-state index is -0.463. The van der Waals surface area contributed by atoms with Gasteiger partial charge in [0.05, 0.1) is 19.3 Å². The van der Waals surface area contributed by atoms with E-state index in [1.807, 2.05) is 17.9 Å². The van der Waals surface area contributed by atoms with Gasteiger partial charge in [0.2, 0.25) is 5.89 Å². The third-order valence-corrected chi connectivity index (χ3v) is 8.67. The lowest BCUT2D eigenvalue weighted by molar-refractivity contribution is 0.121. The van der Waals surface area contributed by atoms with Crippen LogP contribution in [0, 0.1) is 24.6 Å². The number of morpholine rings is 1. The highest BCUT2D eigenvalue weighted by Crippen LogP contribution is 2.43. The predicted molar refractivity (Wildman–Crippen MR) is 146 cm³/mol. The summed E-state index contributed by atoms with van der Waals surface area (Å²) in [5.41, 5.74) is 8.43. The smallest absolute Gasteiger partial charge is 0.213 e. The summed E-state index contributed by atoms with van der Waals surface area (Å²) in [6, 6.07) is 5.12. The standard InChI is InChI=1S/C28H41FN4O2S/c1-5-32(6-2)24(27-31-25(17-35-27)33-13-14-34-18-26(33)36)16-20-7-9-21(10-8-20)28(4,30)23-12-11-22(29)15-19(23)3/h11-12,15,17,20-21,24H,5-10,13-14,16,18,30H2,1-4H3. The van der Waals surface area contributed by atoms with Gasteiger partial charge in [-0.05, 0) is 81.3 Å². The molecule has 1 aliphatic carbocycles. The highest BCUT2D eigenvalue weighted by atomic mass is 32.1. The quantitative estimate of drug-likeness (QED) is 0.426. The molecule has 1 saturated carbocycles. The molecule has 6 nitrogen and oxygen atoms in total. The van der Waals surface area contributed by atoms with E-state index in [2.05, 4.69) is 25.7 Å². The summed E-state index contributed by atoms with van der Waals surface area (Å²) in [5.74, 6) is 2.31. The van der Waals surface area contributed by atoms with Gasteiger partial charge in [0.15, 0.2) is 5.82 Å². The van der Waals surface area contributed by atoms with E-state index in [1.165, 1.54) is 6.07 Å². The summed E-state index contributed by atoms with van der Waals surface area (Å²) in [4.78, 5) is 10.1. The van der Waals surface area contributed by atoms with Crippen molar-refractivity contribution in [2.24, 2.45) is 17.6 Å². The number of aryl methyl sites for hydroxylation is 1. The molecule has 0 spiro atoms. The Hall–Kier alpha value is -1.87. The van der Waals surface area contributed by atoms with Crippen molar-refractivity contribution in [1.29, 1.82) is 0 Å². The van der Waals surface area contributed by atoms with E-state index >= 15 is 0 Å². The average Bonchev–Trinajstić information content (AvgIpc) is 3.34. The first kappa shape index (κ1) is 27.2. The van der Waals surface area contributed by atoms with Crippen molar-refractivity contribution in [3.63, 3.8) is 0 Å². The second-order valence-corrected chi connectivity index (χ2v) is 11.0. The van der Waals surface area contributed by atoms with Crippen LogP contribution < -0.4 is 10.6 Å². The number of halogens is 1. The van der Waals surface area contributed by atoms with Gasteiger partial charge < -0.3 is 19.8 Å². The monoisotopic (exact) mass is 516 g/mol. The topological polar surface area (TPSA) is 67.8 Å². The molecule has 2 heterocycles. The maximum atomic E-state index is 13.7. The highest BCUT2D eigenvalue weighted by Gasteiger charge is 2.37. The zero-order valence-corrected chi connectivity index (χ0v) is 23.0. The molecule has 2 aliphatic rings. The molecule has 36 heavy (non-hydrogen) atoms. The Kier molecular flexibility index (Phi) is 8.81. The number of benzene rings is 1. The molecule has 0 bridgehead atoms. The molecule has 2 atom stereocenters. The number of oxazole rings is 1. The first-order chi connectivity index (χ1) is 17.2. The van der Waals surface area contributed by atoms with E-state index in [0.717, 1.165) is 73.0 Å². The van der Waals surface area contributed by atoms with Gasteiger partial charge in [0.1, 0.15) is 17.1 Å². The van der Waals surface area contributed by atoms with Crippen molar-refractivity contribution >= 4 is 23.0 Å². The van der Waals surface area contributed by atoms with Crippen LogP contribution in [-0.2, 0) is 10.3 Å². The zero-order chi connectivity index (χ0) is 25.9. The summed E-state index contributed by atoms with van der Waals surface area (Å²) in [5, 5.41) is 0. The fourth-order valence-electron chi connectivity index (χ4n) is 6.15. The van der Waals surface area contributed by atoms with Crippen molar-refractivity contribution in [3.8, 4) is 0 Å². The lowest BCUT2D eigenvalue weighted by Crippen LogP contribution is -2.43. The Morgan fingerprint density at radius 2 is 1.97 bits per heavy atom. The maximum Gasteiger partial charge on any atom is 0.213 e. The molecule has 1 aromatic heterocycles. The molecule has 198 valence electrons. The van der Waals surface area contributed by atoms with Crippen LogP contribution in [0.3, 0.4) is 0 Å². The summed E-state index contributed by atoms with van der Waals surface area (Å²) in [6.07, 6.45) is 7.13. The fraction of sp³-hybridized carbons (Fsp3) is 0.643. The third kappa shape index (κ3) is 5.82. The molecule has 0 amide bonds. The van der Waals surface area contributed by atoms with Gasteiger partial charge in [0, 0.05) is 12.1 Å². The number of thiocarbonyl (C=S) groups is 1. The number of nitrogens with zero attached hydrogens (tertiary/aromatic N) is 3. The zero-order valence-electron chi connectivity index (χ0n) is 22.1. The Morgan fingerprint density at radius 1 is 1.25 bits per heavy atom. The molecule has 0 radical (unpaired) electrons. The molecule has 1 saturated heterocycles. The SMILES string of the molecule is CCN(CC)C(CC1CCC(C(C)(N)c2ccc(F)cc2C)CC1)c1nc(N2CCOCC2=S)co1. The normalized spacial score (nSPS) is 23.6. The first-order valence-corrected chi connectivity index (χ1v) is 13.8. The van der Waals surface area contributed by atoms with Crippen LogP contribution >= 0.6 is 12.2 Å². The van der Waals surface area contributed by atoms with Crippen LogP contribution in [0.2, 0.25) is 0 Å². The second-order valence-electron chi connectivity index (χ2n) is 10.6. The van der Waals surface area contributed by atoms with E-state index in [-0.39, 0.29) is 11.9 Å². The summed E-state index contributed by atoms with van der Waals surface area (Å²) in [6.45, 7) is 12.1. The van der Waals surface area contributed by atoms with E-state index in [4.69, 9.17) is 32.1 Å². The number of hydrogen-bond acceptors (Lipinski definition) is 6. The lowest BCUT2D eigenvalue weighted by Gasteiger charge is -2.41. The van der Waals surface area contributed by atoms with Gasteiger partial charge in [-0.2, -0.15) is 4.98 Å². The Labute approximate surface area is 220 Å². The average molecular weight is 517 g/mol. The van der Waals surface area contributed by atoms with E-state index in [9.17, 15) is 4.39 Å². The van der Waals surface area contributed by atoms with E-state index < -0.39 is 5.54 Å². The van der Waals surface area contributed by atoms with Gasteiger partial charge in [-0.3, -0.25) is 4.90 Å². The molecule has 2 aromatic rings. The second kappa shape index (κ2) is 11.7. The molecule has 1 aromatic carbocycles. The lowest BCUT2D eigenvalue weighted by atomic mass is 9.68. The molecule has 4 rings (SSSR count). The van der Waals surface area contributed by atoms with Crippen molar-refractivity contribution in [2.75, 3.05) is 37.7 Å². The molecule has 2 fully saturated rings. The largest absolute Gasteiger partial charge is 0.445 e. The number of anilines is 1. The first-order valence-electron chi connectivity index (χ1n) is 13.4. The molecule has 2 unspecified atom stereocenters. The number of ether oxygens (including phenoxy) is 1. The van der Waals surface area contributed by atoms with Crippen molar-refractivity contribution in [2.45, 2.75) is 71.4 Å². The molecular weight excluding hydrogens is 475 g/mol. The Morgan fingerprint density at radius 3 is 2.61 bits per heavy atom. The maximum absolute atomic E-state index is 13.7. The van der Waals surface area contributed by atoms with Crippen molar-refractivity contribution < 1.29 is 13.5 Å². The minimum Gasteiger partial charge on any atom is -0.445 e. The van der Waals surface area contributed by atoms with E-state index in [1.54, 1.807) is 12.3 Å². The van der Waals surface area contributed by atoms with Gasteiger partial charge in [0.25, 0.3) is 0 Å². The van der Waals surface area contributed by atoms with E-state index in [0.29, 0.717) is 31.6 Å². The van der Waals surface area contributed by atoms with Crippen LogP contribution in [0.1, 0.15) is 75.9 Å². The fourth-order valence-corrected chi connectivity index (χ4v) is 6.42. The van der Waals surface area contributed by atoms with Crippen molar-refractivity contribution in [1.82, 2.24) is 9.88 Å². The summed E-state index contributed by atoms with van der Waals surface area (Å²) < 4.78 is 25.2. The minimum absolute atomic E-state index is 0.133. The summed E-state index contributed by atoms with van der Waals surface area (Å²) >= 11 is 5.48. The van der Waals surface area contributed by atoms with Crippen LogP contribution in [-0.4, -0.2) is 47.7 Å². The van der Waals surface area contributed by atoms with Gasteiger partial charge in [-0.15, -0.1) is 0 Å². The third-order valence-electron chi connectivity index (χ3n) is 8.33. The molecule has 1 aliphatic heterocycles. The highest BCUT2D eigenvalue weighted by molar-refractivity contribution is 7.80. The molecule has 8 heteroatoms. The number of rotatable bonds is 9. The molecular formula is C28H41FN4O2S. The van der Waals surface area contributed by atoms with Gasteiger partial charge >= 0.3 is 0 Å². The Bertz CT molecular complexity index is 1030. The number of aromatic nitrogens is 1.